The first-order valence-electron chi connectivity index (χ1n) is 7.52. The van der Waals surface area contributed by atoms with Crippen LogP contribution in [0.4, 0.5) is 5.69 Å². The number of fused-ring (bicyclic) bond motifs is 1. The maximum Gasteiger partial charge on any atom is 0.262 e. The summed E-state index contributed by atoms with van der Waals surface area (Å²) in [6, 6.07) is 2.82. The molecule has 0 spiro atoms. The average Bonchev–Trinajstić information content (AvgIpc) is 2.59. The number of benzene rings is 1. The van der Waals surface area contributed by atoms with Gasteiger partial charge in [0, 0.05) is 25.2 Å². The summed E-state index contributed by atoms with van der Waals surface area (Å²) in [4.78, 5) is 11.3. The zero-order valence-electron chi connectivity index (χ0n) is 13.6. The molecule has 1 aromatic carbocycles. The fraction of sp³-hybridized carbons (Fsp3) is 0.400. The molecule has 0 radical (unpaired) electrons. The van der Waals surface area contributed by atoms with Gasteiger partial charge < -0.3 is 20.1 Å². The molecule has 1 amide bonds. The highest BCUT2D eigenvalue weighted by atomic mass is 35.5. The molecule has 0 bridgehead atoms. The Kier molecular flexibility index (Phi) is 6.28. The third-order valence-corrected chi connectivity index (χ3v) is 5.26. The van der Waals surface area contributed by atoms with Crippen LogP contribution < -0.4 is 24.8 Å². The third-order valence-electron chi connectivity index (χ3n) is 3.84. The second-order valence-electron chi connectivity index (χ2n) is 5.48. The van der Waals surface area contributed by atoms with Crippen molar-refractivity contribution in [3.63, 3.8) is 0 Å². The van der Waals surface area contributed by atoms with Crippen LogP contribution >= 0.6 is 12.4 Å². The van der Waals surface area contributed by atoms with Crippen molar-refractivity contribution in [2.75, 3.05) is 38.7 Å². The molecular weight excluding hydrogens is 370 g/mol. The summed E-state index contributed by atoms with van der Waals surface area (Å²) in [5.41, 5.74) is 1.43. The lowest BCUT2D eigenvalue weighted by atomic mass is 10.1. The van der Waals surface area contributed by atoms with Gasteiger partial charge in [0.25, 0.3) is 5.91 Å². The van der Waals surface area contributed by atoms with Crippen LogP contribution in [0.2, 0.25) is 0 Å². The van der Waals surface area contributed by atoms with E-state index >= 15 is 0 Å². The molecule has 1 aromatic rings. The summed E-state index contributed by atoms with van der Waals surface area (Å²) >= 11 is 0. The number of amides is 1. The molecule has 0 aromatic heterocycles. The largest absolute Gasteiger partial charge is 0.495 e. The minimum absolute atomic E-state index is 0. The van der Waals surface area contributed by atoms with Crippen LogP contribution in [0.25, 0.3) is 0 Å². The minimum Gasteiger partial charge on any atom is -0.495 e. The van der Waals surface area contributed by atoms with Gasteiger partial charge in [0.1, 0.15) is 16.4 Å². The van der Waals surface area contributed by atoms with Gasteiger partial charge >= 0.3 is 0 Å². The van der Waals surface area contributed by atoms with Crippen LogP contribution in [0.1, 0.15) is 6.42 Å². The van der Waals surface area contributed by atoms with Crippen LogP contribution in [-0.2, 0) is 14.8 Å². The van der Waals surface area contributed by atoms with Crippen LogP contribution in [0.15, 0.2) is 28.7 Å². The summed E-state index contributed by atoms with van der Waals surface area (Å²) in [6.07, 6.45) is 2.79. The summed E-state index contributed by atoms with van der Waals surface area (Å²) in [5, 5.41) is 5.80. The van der Waals surface area contributed by atoms with Gasteiger partial charge in [-0.2, -0.15) is 0 Å². The van der Waals surface area contributed by atoms with Crippen molar-refractivity contribution in [3.8, 4) is 11.5 Å². The Hall–Kier alpha value is -1.81. The van der Waals surface area contributed by atoms with Gasteiger partial charge in [-0.1, -0.05) is 11.6 Å². The maximum atomic E-state index is 12.6. The molecule has 8 nitrogen and oxygen atoms in total. The van der Waals surface area contributed by atoms with E-state index in [1.54, 1.807) is 0 Å². The summed E-state index contributed by atoms with van der Waals surface area (Å²) in [7, 11) is -2.40. The molecule has 25 heavy (non-hydrogen) atoms. The van der Waals surface area contributed by atoms with Crippen LogP contribution in [0, 0.1) is 0 Å². The highest BCUT2D eigenvalue weighted by molar-refractivity contribution is 7.89. The second kappa shape index (κ2) is 8.05. The Morgan fingerprint density at radius 2 is 2.16 bits per heavy atom. The van der Waals surface area contributed by atoms with Gasteiger partial charge in [-0.3, -0.25) is 4.79 Å². The zero-order chi connectivity index (χ0) is 17.2. The van der Waals surface area contributed by atoms with Gasteiger partial charge in [-0.25, -0.2) is 13.1 Å². The number of ether oxygens (including phenoxy) is 2. The van der Waals surface area contributed by atoms with Crippen LogP contribution in [-0.4, -0.2) is 47.7 Å². The monoisotopic (exact) mass is 389 g/mol. The van der Waals surface area contributed by atoms with Crippen LogP contribution in [0.3, 0.4) is 0 Å². The van der Waals surface area contributed by atoms with Gasteiger partial charge in [0.2, 0.25) is 10.0 Å². The van der Waals surface area contributed by atoms with Crippen molar-refractivity contribution in [1.82, 2.24) is 10.0 Å². The first kappa shape index (κ1) is 19.5. The highest BCUT2D eigenvalue weighted by Crippen LogP contribution is 2.37. The normalized spacial score (nSPS) is 16.7. The number of methoxy groups -OCH3 is 1. The molecule has 10 heteroatoms. The second-order valence-corrected chi connectivity index (χ2v) is 7.21. The molecule has 0 saturated carbocycles. The molecule has 0 saturated heterocycles. The van der Waals surface area contributed by atoms with E-state index in [4.69, 9.17) is 9.47 Å². The Labute approximate surface area is 152 Å². The van der Waals surface area contributed by atoms with Crippen molar-refractivity contribution >= 4 is 34.0 Å². The number of carbonyl (C=O) groups is 1. The van der Waals surface area contributed by atoms with E-state index in [0.717, 1.165) is 25.1 Å². The number of rotatable bonds is 5. The van der Waals surface area contributed by atoms with Crippen molar-refractivity contribution in [3.05, 3.63) is 23.8 Å². The number of hydrogen-bond acceptors (Lipinski definition) is 6. The first-order valence-corrected chi connectivity index (χ1v) is 9.01. The molecule has 3 N–H and O–H groups in total. The summed E-state index contributed by atoms with van der Waals surface area (Å²) in [5.74, 6) is 0.152. The number of nitrogens with one attached hydrogen (secondary N) is 3. The van der Waals surface area contributed by atoms with Gasteiger partial charge in [0.15, 0.2) is 6.61 Å². The van der Waals surface area contributed by atoms with Crippen molar-refractivity contribution in [1.29, 1.82) is 0 Å². The molecular formula is C15H20ClN3O5S. The van der Waals surface area contributed by atoms with E-state index in [9.17, 15) is 13.2 Å². The number of hydrogen-bond donors (Lipinski definition) is 3. The lowest BCUT2D eigenvalue weighted by Gasteiger charge is -2.21. The van der Waals surface area contributed by atoms with E-state index in [-0.39, 0.29) is 42.1 Å². The fourth-order valence-electron chi connectivity index (χ4n) is 2.55. The van der Waals surface area contributed by atoms with E-state index in [1.165, 1.54) is 19.2 Å². The van der Waals surface area contributed by atoms with Crippen LogP contribution in [0.5, 0.6) is 11.5 Å². The van der Waals surface area contributed by atoms with E-state index < -0.39 is 10.0 Å². The lowest BCUT2D eigenvalue weighted by Crippen LogP contribution is -2.30. The van der Waals surface area contributed by atoms with Gasteiger partial charge in [-0.05, 0) is 13.0 Å². The molecule has 0 fully saturated rings. The SMILES string of the molecule is COc1cc2c(cc1S(=O)(=O)NCC1=CCNCC1)OCC(=O)N2.Cl. The molecule has 0 unspecified atom stereocenters. The average molecular weight is 390 g/mol. The molecule has 138 valence electrons. The number of halogens is 1. The van der Waals surface area contributed by atoms with Crippen molar-refractivity contribution in [2.24, 2.45) is 0 Å². The van der Waals surface area contributed by atoms with E-state index in [1.807, 2.05) is 6.08 Å². The Morgan fingerprint density at radius 1 is 1.36 bits per heavy atom. The Balaban J connectivity index is 0.00000225. The predicted octanol–water partition coefficient (Wildman–Crippen LogP) is 0.646. The van der Waals surface area contributed by atoms with Crippen molar-refractivity contribution in [2.45, 2.75) is 11.3 Å². The molecule has 0 atom stereocenters. The fourth-order valence-corrected chi connectivity index (χ4v) is 3.75. The maximum absolute atomic E-state index is 12.6. The van der Waals surface area contributed by atoms with Gasteiger partial charge in [0.05, 0.1) is 12.8 Å². The summed E-state index contributed by atoms with van der Waals surface area (Å²) < 4.78 is 38.3. The standard InChI is InChI=1S/C15H19N3O5S.ClH/c1-22-13-6-11-12(23-9-15(19)18-11)7-14(13)24(20,21)17-8-10-2-4-16-5-3-10;/h2,6-7,16-17H,3-5,8-9H2,1H3,(H,18,19);1H. The number of anilines is 1. The quantitative estimate of drug-likeness (QED) is 0.638. The topological polar surface area (TPSA) is 106 Å². The van der Waals surface area contributed by atoms with E-state index in [2.05, 4.69) is 15.4 Å². The van der Waals surface area contributed by atoms with E-state index in [0.29, 0.717) is 11.4 Å². The molecule has 2 heterocycles. The smallest absolute Gasteiger partial charge is 0.262 e. The molecule has 3 rings (SSSR count). The van der Waals surface area contributed by atoms with Gasteiger partial charge in [-0.15, -0.1) is 12.4 Å². The van der Waals surface area contributed by atoms with Crippen molar-refractivity contribution < 1.29 is 22.7 Å². The third kappa shape index (κ3) is 4.43. The number of sulfonamides is 1. The minimum atomic E-state index is -3.78. The lowest BCUT2D eigenvalue weighted by molar-refractivity contribution is -0.118. The zero-order valence-corrected chi connectivity index (χ0v) is 15.3. The predicted molar refractivity (Wildman–Crippen MR) is 95.1 cm³/mol. The summed E-state index contributed by atoms with van der Waals surface area (Å²) in [6.45, 7) is 1.68. The molecule has 2 aliphatic heterocycles. The highest BCUT2D eigenvalue weighted by Gasteiger charge is 2.25. The Morgan fingerprint density at radius 3 is 2.84 bits per heavy atom. The number of carbonyl (C=O) groups excluding carboxylic acids is 1. The Bertz CT molecular complexity index is 795. The molecule has 2 aliphatic rings. The molecule has 0 aliphatic carbocycles. The first-order chi connectivity index (χ1) is 11.5.